The van der Waals surface area contributed by atoms with Gasteiger partial charge in [0.1, 0.15) is 28.9 Å². The smallest absolute Gasteiger partial charge is 0.226 e. The summed E-state index contributed by atoms with van der Waals surface area (Å²) in [5.74, 6) is 4.09. The summed E-state index contributed by atoms with van der Waals surface area (Å²) in [6.45, 7) is 3.92. The maximum absolute atomic E-state index is 6.19. The van der Waals surface area contributed by atoms with Crippen molar-refractivity contribution in [2.45, 2.75) is 32.0 Å². The first-order chi connectivity index (χ1) is 19.1. The van der Waals surface area contributed by atoms with E-state index in [2.05, 4.69) is 30.2 Å². The van der Waals surface area contributed by atoms with Gasteiger partial charge in [-0.15, -0.1) is 0 Å². The maximum atomic E-state index is 6.19. The predicted molar refractivity (Wildman–Crippen MR) is 147 cm³/mol. The highest BCUT2D eigenvalue weighted by Gasteiger charge is 2.53. The molecule has 39 heavy (non-hydrogen) atoms. The van der Waals surface area contributed by atoms with Crippen LogP contribution in [-0.2, 0) is 11.8 Å². The van der Waals surface area contributed by atoms with Crippen molar-refractivity contribution >= 4 is 39.5 Å². The average molecular weight is 521 g/mol. The second-order valence-corrected chi connectivity index (χ2v) is 10.9. The molecule has 8 rings (SSSR count). The van der Waals surface area contributed by atoms with Gasteiger partial charge in [-0.3, -0.25) is 0 Å². The molecule has 3 aliphatic heterocycles. The predicted octanol–water partition coefficient (Wildman–Crippen LogP) is 4.76. The molecule has 10 heteroatoms. The molecule has 0 spiro atoms. The summed E-state index contributed by atoms with van der Waals surface area (Å²) in [5.41, 5.74) is 5.28. The number of anilines is 3. The number of rotatable bonds is 5. The molecule has 0 amide bonds. The molecule has 4 atom stereocenters. The largest absolute Gasteiger partial charge is 0.457 e. The van der Waals surface area contributed by atoms with Crippen LogP contribution in [0.5, 0.6) is 11.5 Å². The van der Waals surface area contributed by atoms with Gasteiger partial charge in [-0.1, -0.05) is 0 Å². The standard InChI is InChI=1S/C29H28N8O2/c1-16-9-17(3-6-24(16)38-18-4-5-23-21(10-18)33-15-36(23)2)34-28-27-22(31-14-32-28)11-30-29(35-27)37-12-19-20(13-37)26-8-7-25(19)39-26/h3-6,9-11,14-15,19-20,25-26H,7-8,12-13H2,1-2H3,(H,31,32,34)/t19-,20+,25-,26+. The van der Waals surface area contributed by atoms with Crippen molar-refractivity contribution in [3.63, 3.8) is 0 Å². The fourth-order valence-electron chi connectivity index (χ4n) is 6.50. The van der Waals surface area contributed by atoms with Crippen LogP contribution in [0.1, 0.15) is 18.4 Å². The Morgan fingerprint density at radius 1 is 0.949 bits per heavy atom. The molecule has 0 radical (unpaired) electrons. The van der Waals surface area contributed by atoms with Crippen molar-refractivity contribution < 1.29 is 9.47 Å². The molecule has 3 aromatic heterocycles. The normalized spacial score (nSPS) is 23.6. The lowest BCUT2D eigenvalue weighted by Crippen LogP contribution is -2.26. The Labute approximate surface area is 225 Å². The Bertz CT molecular complexity index is 1720. The third-order valence-electron chi connectivity index (χ3n) is 8.46. The minimum Gasteiger partial charge on any atom is -0.457 e. The molecule has 6 heterocycles. The number of ether oxygens (including phenoxy) is 2. The Kier molecular flexibility index (Phi) is 5.00. The van der Waals surface area contributed by atoms with Gasteiger partial charge in [-0.2, -0.15) is 0 Å². The number of nitrogens with one attached hydrogen (secondary N) is 1. The molecule has 0 unspecified atom stereocenters. The summed E-state index contributed by atoms with van der Waals surface area (Å²) in [6, 6.07) is 11.9. The number of fused-ring (bicyclic) bond motifs is 7. The lowest BCUT2D eigenvalue weighted by Gasteiger charge is -2.19. The van der Waals surface area contributed by atoms with Crippen LogP contribution in [-0.4, -0.2) is 54.8 Å². The second kappa shape index (κ2) is 8.60. The van der Waals surface area contributed by atoms with Crippen LogP contribution in [0.4, 0.5) is 17.5 Å². The summed E-state index contributed by atoms with van der Waals surface area (Å²) in [4.78, 5) is 25.2. The molecule has 3 aliphatic rings. The zero-order valence-electron chi connectivity index (χ0n) is 21.8. The number of imidazole rings is 1. The molecule has 0 aliphatic carbocycles. The van der Waals surface area contributed by atoms with E-state index in [9.17, 15) is 0 Å². The van der Waals surface area contributed by atoms with Crippen molar-refractivity contribution in [3.05, 3.63) is 60.8 Å². The molecule has 196 valence electrons. The first-order valence-electron chi connectivity index (χ1n) is 13.4. The summed E-state index contributed by atoms with van der Waals surface area (Å²) < 4.78 is 14.3. The van der Waals surface area contributed by atoms with Gasteiger partial charge in [0.2, 0.25) is 5.95 Å². The maximum Gasteiger partial charge on any atom is 0.226 e. The average Bonchev–Trinajstić information content (AvgIpc) is 3.73. The first-order valence-corrected chi connectivity index (χ1v) is 13.4. The Balaban J connectivity index is 1.04. The van der Waals surface area contributed by atoms with E-state index in [4.69, 9.17) is 14.5 Å². The fourth-order valence-corrected chi connectivity index (χ4v) is 6.50. The summed E-state index contributed by atoms with van der Waals surface area (Å²) >= 11 is 0. The highest BCUT2D eigenvalue weighted by Crippen LogP contribution is 2.47. The van der Waals surface area contributed by atoms with Crippen LogP contribution in [0.3, 0.4) is 0 Å². The van der Waals surface area contributed by atoms with Gasteiger partial charge in [0.25, 0.3) is 0 Å². The number of aryl methyl sites for hydroxylation is 2. The Hall–Kier alpha value is -4.31. The van der Waals surface area contributed by atoms with Crippen LogP contribution >= 0.6 is 0 Å². The highest BCUT2D eigenvalue weighted by atomic mass is 16.5. The van der Waals surface area contributed by atoms with Crippen LogP contribution in [0.25, 0.3) is 22.1 Å². The minimum absolute atomic E-state index is 0.402. The number of hydrogen-bond donors (Lipinski definition) is 1. The van der Waals surface area contributed by atoms with Crippen molar-refractivity contribution in [2.75, 3.05) is 23.3 Å². The number of nitrogens with zero attached hydrogens (tertiary/aromatic N) is 7. The van der Waals surface area contributed by atoms with E-state index in [-0.39, 0.29) is 0 Å². The van der Waals surface area contributed by atoms with E-state index < -0.39 is 0 Å². The van der Waals surface area contributed by atoms with E-state index in [1.54, 1.807) is 18.9 Å². The number of aromatic nitrogens is 6. The lowest BCUT2D eigenvalue weighted by atomic mass is 9.82. The SMILES string of the molecule is Cc1cc(Nc2ncnc3cnc(N4C[C@@H]5[C@H](C4)[C@@H]4CC[C@H]5O4)nc23)ccc1Oc1ccc2c(c1)ncn2C. The minimum atomic E-state index is 0.402. The van der Waals surface area contributed by atoms with E-state index in [1.807, 2.05) is 54.9 Å². The monoisotopic (exact) mass is 520 g/mol. The van der Waals surface area contributed by atoms with Gasteiger partial charge >= 0.3 is 0 Å². The molecular weight excluding hydrogens is 492 g/mol. The van der Waals surface area contributed by atoms with E-state index in [1.165, 1.54) is 12.8 Å². The molecular formula is C29H28N8O2. The van der Waals surface area contributed by atoms with Crippen LogP contribution in [0.2, 0.25) is 0 Å². The van der Waals surface area contributed by atoms with Gasteiger partial charge in [-0.05, 0) is 55.7 Å². The van der Waals surface area contributed by atoms with Crippen LogP contribution in [0.15, 0.2) is 55.2 Å². The summed E-state index contributed by atoms with van der Waals surface area (Å²) in [5, 5.41) is 3.44. The quantitative estimate of drug-likeness (QED) is 0.351. The molecule has 2 bridgehead atoms. The fraction of sp³-hybridized carbons (Fsp3) is 0.345. The molecule has 3 saturated heterocycles. The van der Waals surface area contributed by atoms with Gasteiger partial charge in [-0.25, -0.2) is 24.9 Å². The number of hydrogen-bond acceptors (Lipinski definition) is 9. The van der Waals surface area contributed by atoms with Gasteiger partial charge in [0, 0.05) is 43.7 Å². The molecule has 2 aromatic carbocycles. The van der Waals surface area contributed by atoms with Gasteiger partial charge < -0.3 is 24.3 Å². The van der Waals surface area contributed by atoms with Gasteiger partial charge in [0.05, 0.1) is 35.8 Å². The Morgan fingerprint density at radius 2 is 1.79 bits per heavy atom. The number of benzene rings is 2. The highest BCUT2D eigenvalue weighted by molar-refractivity contribution is 5.87. The van der Waals surface area contributed by atoms with E-state index >= 15 is 0 Å². The first kappa shape index (κ1) is 22.7. The lowest BCUT2D eigenvalue weighted by molar-refractivity contribution is 0.0849. The third kappa shape index (κ3) is 3.77. The molecule has 10 nitrogen and oxygen atoms in total. The van der Waals surface area contributed by atoms with Crippen molar-refractivity contribution in [1.29, 1.82) is 0 Å². The summed E-state index contributed by atoms with van der Waals surface area (Å²) in [6.07, 6.45) is 8.31. The topological polar surface area (TPSA) is 103 Å². The van der Waals surface area contributed by atoms with Crippen LogP contribution < -0.4 is 15.0 Å². The molecule has 3 fully saturated rings. The molecule has 1 N–H and O–H groups in total. The zero-order valence-corrected chi connectivity index (χ0v) is 21.8. The zero-order chi connectivity index (χ0) is 26.1. The van der Waals surface area contributed by atoms with E-state index in [0.717, 1.165) is 52.8 Å². The van der Waals surface area contributed by atoms with Crippen LogP contribution in [0, 0.1) is 18.8 Å². The van der Waals surface area contributed by atoms with Crippen molar-refractivity contribution in [3.8, 4) is 11.5 Å². The summed E-state index contributed by atoms with van der Waals surface area (Å²) in [7, 11) is 1.98. The van der Waals surface area contributed by atoms with Crippen molar-refractivity contribution in [1.82, 2.24) is 29.5 Å². The molecule has 0 saturated carbocycles. The van der Waals surface area contributed by atoms with E-state index in [0.29, 0.717) is 40.9 Å². The van der Waals surface area contributed by atoms with Crippen molar-refractivity contribution in [2.24, 2.45) is 18.9 Å². The molecule has 5 aromatic rings. The van der Waals surface area contributed by atoms with Gasteiger partial charge in [0.15, 0.2) is 5.82 Å². The second-order valence-electron chi connectivity index (χ2n) is 10.9. The third-order valence-corrected chi connectivity index (χ3v) is 8.46. The Morgan fingerprint density at radius 3 is 2.62 bits per heavy atom.